The molecule has 0 spiro atoms. The number of aromatic carboxylic acids is 1. The first kappa shape index (κ1) is 13.9. The predicted molar refractivity (Wildman–Crippen MR) is 73.9 cm³/mol. The predicted octanol–water partition coefficient (Wildman–Crippen LogP) is 3.49. The van der Waals surface area contributed by atoms with E-state index in [0.29, 0.717) is 16.1 Å². The number of carbonyl (C=O) groups is 1. The summed E-state index contributed by atoms with van der Waals surface area (Å²) >= 11 is 6.03. The second-order valence-corrected chi connectivity index (χ2v) is 4.42. The normalized spacial score (nSPS) is 9.80. The van der Waals surface area contributed by atoms with Crippen LogP contribution in [-0.2, 0) is 6.61 Å². The first-order valence-electron chi connectivity index (χ1n) is 5.75. The Kier molecular flexibility index (Phi) is 4.24. The lowest BCUT2D eigenvalue weighted by Gasteiger charge is -2.10. The zero-order chi connectivity index (χ0) is 14.5. The lowest BCUT2D eigenvalue weighted by molar-refractivity contribution is 0.0692. The summed E-state index contributed by atoms with van der Waals surface area (Å²) in [5.74, 6) is -0.771. The van der Waals surface area contributed by atoms with Crippen molar-refractivity contribution in [3.8, 4) is 11.8 Å². The van der Waals surface area contributed by atoms with Gasteiger partial charge >= 0.3 is 5.97 Å². The first-order valence-corrected chi connectivity index (χ1v) is 6.13. The van der Waals surface area contributed by atoms with Crippen LogP contribution in [0.15, 0.2) is 42.5 Å². The molecule has 0 aliphatic carbocycles. The molecule has 0 aromatic heterocycles. The van der Waals surface area contributed by atoms with Crippen molar-refractivity contribution < 1.29 is 14.6 Å². The minimum absolute atomic E-state index is 0.0947. The van der Waals surface area contributed by atoms with Crippen LogP contribution in [0, 0.1) is 11.3 Å². The van der Waals surface area contributed by atoms with Gasteiger partial charge < -0.3 is 9.84 Å². The summed E-state index contributed by atoms with van der Waals surface area (Å²) in [5, 5.41) is 18.2. The van der Waals surface area contributed by atoms with Crippen LogP contribution < -0.4 is 4.74 Å². The monoisotopic (exact) mass is 287 g/mol. The van der Waals surface area contributed by atoms with E-state index in [0.717, 1.165) is 0 Å². The Bertz CT molecular complexity index is 692. The van der Waals surface area contributed by atoms with Crippen molar-refractivity contribution in [1.82, 2.24) is 0 Å². The molecule has 5 heteroatoms. The first-order chi connectivity index (χ1) is 9.61. The van der Waals surface area contributed by atoms with Gasteiger partial charge in [0.15, 0.2) is 0 Å². The van der Waals surface area contributed by atoms with Crippen molar-refractivity contribution in [2.75, 3.05) is 0 Å². The number of ether oxygens (including phenoxy) is 1. The fraction of sp³-hybridized carbons (Fsp3) is 0.0667. The summed E-state index contributed by atoms with van der Waals surface area (Å²) in [6, 6.07) is 13.2. The number of carboxylic acid groups (broad SMARTS) is 1. The van der Waals surface area contributed by atoms with Crippen LogP contribution in [0.1, 0.15) is 21.5 Å². The van der Waals surface area contributed by atoms with E-state index in [9.17, 15) is 4.79 Å². The Labute approximate surface area is 120 Å². The molecule has 0 aliphatic rings. The van der Waals surface area contributed by atoms with E-state index >= 15 is 0 Å². The smallest absolute Gasteiger partial charge is 0.339 e. The van der Waals surface area contributed by atoms with Gasteiger partial charge in [-0.25, -0.2) is 4.79 Å². The molecule has 2 aromatic carbocycles. The zero-order valence-electron chi connectivity index (χ0n) is 10.3. The second kappa shape index (κ2) is 6.09. The number of hydrogen-bond donors (Lipinski definition) is 1. The number of nitrogens with zero attached hydrogens (tertiary/aromatic N) is 1. The average Bonchev–Trinajstić information content (AvgIpc) is 2.46. The van der Waals surface area contributed by atoms with Crippen LogP contribution in [0.2, 0.25) is 5.02 Å². The minimum atomic E-state index is -1.05. The third kappa shape index (κ3) is 3.08. The van der Waals surface area contributed by atoms with Crippen molar-refractivity contribution in [2.24, 2.45) is 0 Å². The number of benzene rings is 2. The van der Waals surface area contributed by atoms with Crippen LogP contribution in [0.5, 0.6) is 5.75 Å². The molecule has 0 aliphatic heterocycles. The third-order valence-electron chi connectivity index (χ3n) is 2.68. The Morgan fingerprint density at radius 2 is 2.05 bits per heavy atom. The second-order valence-electron chi connectivity index (χ2n) is 4.01. The van der Waals surface area contributed by atoms with Gasteiger partial charge in [0.25, 0.3) is 0 Å². The quantitative estimate of drug-likeness (QED) is 0.934. The van der Waals surface area contributed by atoms with Gasteiger partial charge in [0.05, 0.1) is 11.6 Å². The van der Waals surface area contributed by atoms with E-state index in [1.165, 1.54) is 6.07 Å². The minimum Gasteiger partial charge on any atom is -0.488 e. The van der Waals surface area contributed by atoms with Gasteiger partial charge in [0, 0.05) is 10.6 Å². The maximum absolute atomic E-state index is 11.0. The maximum atomic E-state index is 11.0. The number of para-hydroxylation sites is 1. The molecule has 2 aromatic rings. The standard InChI is InChI=1S/C15H10ClNO3/c16-13-7-10(8-17)5-6-11(13)9-20-14-4-2-1-3-12(14)15(18)19/h1-7H,9H2,(H,18,19). The fourth-order valence-electron chi connectivity index (χ4n) is 1.66. The number of rotatable bonds is 4. The molecule has 0 amide bonds. The Balaban J connectivity index is 2.18. The molecule has 0 fully saturated rings. The number of carboxylic acids is 1. The van der Waals surface area contributed by atoms with E-state index < -0.39 is 5.97 Å². The molecule has 0 bridgehead atoms. The highest BCUT2D eigenvalue weighted by Gasteiger charge is 2.11. The van der Waals surface area contributed by atoms with Gasteiger partial charge in [-0.05, 0) is 24.3 Å². The number of nitriles is 1. The summed E-state index contributed by atoms with van der Waals surface area (Å²) in [7, 11) is 0. The average molecular weight is 288 g/mol. The van der Waals surface area contributed by atoms with Gasteiger partial charge in [0.2, 0.25) is 0 Å². The molecule has 0 radical (unpaired) electrons. The van der Waals surface area contributed by atoms with Gasteiger partial charge in [-0.3, -0.25) is 0 Å². The largest absolute Gasteiger partial charge is 0.488 e. The number of hydrogen-bond acceptors (Lipinski definition) is 3. The van der Waals surface area contributed by atoms with Gasteiger partial charge in [0.1, 0.15) is 17.9 Å². The number of halogens is 1. The molecule has 4 nitrogen and oxygen atoms in total. The van der Waals surface area contributed by atoms with Crippen molar-refractivity contribution in [3.63, 3.8) is 0 Å². The highest BCUT2D eigenvalue weighted by Crippen LogP contribution is 2.22. The Morgan fingerprint density at radius 1 is 1.30 bits per heavy atom. The Morgan fingerprint density at radius 3 is 2.70 bits per heavy atom. The Hall–Kier alpha value is -2.51. The van der Waals surface area contributed by atoms with Crippen LogP contribution in [-0.4, -0.2) is 11.1 Å². The van der Waals surface area contributed by atoms with Crippen LogP contribution in [0.4, 0.5) is 0 Å². The molecule has 0 saturated carbocycles. The van der Waals surface area contributed by atoms with Crippen molar-refractivity contribution >= 4 is 17.6 Å². The highest BCUT2D eigenvalue weighted by molar-refractivity contribution is 6.31. The lowest BCUT2D eigenvalue weighted by Crippen LogP contribution is -2.03. The summed E-state index contributed by atoms with van der Waals surface area (Å²) in [4.78, 5) is 11.0. The van der Waals surface area contributed by atoms with Crippen LogP contribution in [0.3, 0.4) is 0 Å². The summed E-state index contributed by atoms with van der Waals surface area (Å²) in [6.07, 6.45) is 0. The lowest BCUT2D eigenvalue weighted by atomic mass is 10.1. The molecule has 20 heavy (non-hydrogen) atoms. The summed E-state index contributed by atoms with van der Waals surface area (Å²) in [5.41, 5.74) is 1.24. The maximum Gasteiger partial charge on any atom is 0.339 e. The van der Waals surface area contributed by atoms with E-state index in [1.54, 1.807) is 36.4 Å². The highest BCUT2D eigenvalue weighted by atomic mass is 35.5. The van der Waals surface area contributed by atoms with Crippen LogP contribution in [0.25, 0.3) is 0 Å². The van der Waals surface area contributed by atoms with E-state index in [1.807, 2.05) is 6.07 Å². The molecular formula is C15H10ClNO3. The van der Waals surface area contributed by atoms with Crippen molar-refractivity contribution in [2.45, 2.75) is 6.61 Å². The van der Waals surface area contributed by atoms with Gasteiger partial charge in [-0.2, -0.15) is 5.26 Å². The van der Waals surface area contributed by atoms with Crippen LogP contribution >= 0.6 is 11.6 Å². The van der Waals surface area contributed by atoms with E-state index in [-0.39, 0.29) is 17.9 Å². The summed E-state index contributed by atoms with van der Waals surface area (Å²) in [6.45, 7) is 0.134. The van der Waals surface area contributed by atoms with E-state index in [4.69, 9.17) is 26.7 Å². The van der Waals surface area contributed by atoms with Crippen molar-refractivity contribution in [3.05, 3.63) is 64.2 Å². The van der Waals surface area contributed by atoms with Gasteiger partial charge in [-0.1, -0.05) is 29.8 Å². The molecule has 100 valence electrons. The van der Waals surface area contributed by atoms with Gasteiger partial charge in [-0.15, -0.1) is 0 Å². The topological polar surface area (TPSA) is 70.3 Å². The molecular weight excluding hydrogens is 278 g/mol. The fourth-order valence-corrected chi connectivity index (χ4v) is 1.89. The molecule has 0 saturated heterocycles. The van der Waals surface area contributed by atoms with E-state index in [2.05, 4.69) is 0 Å². The zero-order valence-corrected chi connectivity index (χ0v) is 11.1. The molecule has 0 atom stereocenters. The molecule has 2 rings (SSSR count). The molecule has 0 unspecified atom stereocenters. The molecule has 1 N–H and O–H groups in total. The van der Waals surface area contributed by atoms with Crippen molar-refractivity contribution in [1.29, 1.82) is 5.26 Å². The SMILES string of the molecule is N#Cc1ccc(COc2ccccc2C(=O)O)c(Cl)c1. The molecule has 0 heterocycles. The summed E-state index contributed by atoms with van der Waals surface area (Å²) < 4.78 is 5.49. The third-order valence-corrected chi connectivity index (χ3v) is 3.03.